The molecule has 0 fully saturated rings. The monoisotopic (exact) mass is 383 g/mol. The molecule has 0 radical (unpaired) electrons. The number of hydrogen-bond donors (Lipinski definition) is 1. The summed E-state index contributed by atoms with van der Waals surface area (Å²) in [4.78, 5) is -0.310. The molecule has 25 heavy (non-hydrogen) atoms. The quantitative estimate of drug-likeness (QED) is 0.767. The number of nitrogens with one attached hydrogen (secondary N) is 1. The van der Waals surface area contributed by atoms with E-state index in [1.807, 2.05) is 0 Å². The Kier molecular flexibility index (Phi) is 5.36. The first-order valence-corrected chi connectivity index (χ1v) is 7.97. The molecule has 136 valence electrons. The second-order valence-electron chi connectivity index (χ2n) is 4.53. The van der Waals surface area contributed by atoms with Crippen LogP contribution < -0.4 is 14.2 Å². The van der Waals surface area contributed by atoms with Crippen LogP contribution in [0.15, 0.2) is 53.4 Å². The highest BCUT2D eigenvalue weighted by Crippen LogP contribution is 2.25. The molecular formula is C14H10F5NO4S. The highest BCUT2D eigenvalue weighted by atomic mass is 32.2. The molecular weight excluding hydrogens is 373 g/mol. The number of rotatable bonds is 6. The van der Waals surface area contributed by atoms with Crippen molar-refractivity contribution in [2.75, 3.05) is 4.72 Å². The van der Waals surface area contributed by atoms with Crippen LogP contribution in [-0.2, 0) is 10.0 Å². The van der Waals surface area contributed by atoms with E-state index in [0.29, 0.717) is 0 Å². The van der Waals surface area contributed by atoms with Gasteiger partial charge >= 0.3 is 13.0 Å². The minimum Gasteiger partial charge on any atom is -0.435 e. The topological polar surface area (TPSA) is 64.6 Å². The van der Waals surface area contributed by atoms with Crippen LogP contribution in [0.25, 0.3) is 0 Å². The third-order valence-corrected chi connectivity index (χ3v) is 4.10. The molecule has 0 aromatic heterocycles. The van der Waals surface area contributed by atoms with Crippen molar-refractivity contribution in [2.45, 2.75) is 17.9 Å². The number of alkyl halides is 5. The summed E-state index contributed by atoms with van der Waals surface area (Å²) < 4.78 is 94.4. The van der Waals surface area contributed by atoms with E-state index >= 15 is 0 Å². The number of halogens is 5. The Morgan fingerprint density at radius 1 is 0.880 bits per heavy atom. The van der Waals surface area contributed by atoms with Gasteiger partial charge in [-0.1, -0.05) is 0 Å². The van der Waals surface area contributed by atoms with Crippen LogP contribution in [0.5, 0.6) is 11.5 Å². The second-order valence-corrected chi connectivity index (χ2v) is 6.21. The van der Waals surface area contributed by atoms with E-state index in [4.69, 9.17) is 0 Å². The average Bonchev–Trinajstić information content (AvgIpc) is 2.47. The molecule has 0 aliphatic heterocycles. The summed E-state index contributed by atoms with van der Waals surface area (Å²) in [6.45, 7) is -3.01. The van der Waals surface area contributed by atoms with Crippen molar-refractivity contribution in [1.29, 1.82) is 0 Å². The molecule has 2 rings (SSSR count). The number of ether oxygens (including phenoxy) is 2. The summed E-state index contributed by atoms with van der Waals surface area (Å²) in [7, 11) is -4.09. The molecule has 0 unspecified atom stereocenters. The minimum absolute atomic E-state index is 0.0530. The van der Waals surface area contributed by atoms with Gasteiger partial charge in [0.1, 0.15) is 11.5 Å². The summed E-state index contributed by atoms with van der Waals surface area (Å²) in [6, 6.07) is 8.19. The van der Waals surface area contributed by atoms with Gasteiger partial charge in [0, 0.05) is 5.69 Å². The van der Waals surface area contributed by atoms with Crippen LogP contribution in [0, 0.1) is 0 Å². The van der Waals surface area contributed by atoms with Crippen LogP contribution >= 0.6 is 0 Å². The molecule has 1 N–H and O–H groups in total. The Labute approximate surface area is 139 Å². The van der Waals surface area contributed by atoms with Crippen LogP contribution in [0.1, 0.15) is 0 Å². The van der Waals surface area contributed by atoms with Gasteiger partial charge in [0.2, 0.25) is 0 Å². The zero-order chi connectivity index (χ0) is 18.7. The summed E-state index contributed by atoms with van der Waals surface area (Å²) in [5.41, 5.74) is 0.0530. The predicted molar refractivity (Wildman–Crippen MR) is 77.0 cm³/mol. The molecule has 5 nitrogen and oxygen atoms in total. The third-order valence-electron chi connectivity index (χ3n) is 2.70. The zero-order valence-electron chi connectivity index (χ0n) is 12.1. The molecule has 0 aliphatic carbocycles. The van der Waals surface area contributed by atoms with Gasteiger partial charge in [-0.3, -0.25) is 4.72 Å². The van der Waals surface area contributed by atoms with Crippen LogP contribution in [-0.4, -0.2) is 21.4 Å². The average molecular weight is 383 g/mol. The molecule has 0 heterocycles. The van der Waals surface area contributed by atoms with E-state index < -0.39 is 28.7 Å². The van der Waals surface area contributed by atoms with Crippen molar-refractivity contribution < 1.29 is 39.8 Å². The van der Waals surface area contributed by atoms with E-state index in [2.05, 4.69) is 14.2 Å². The lowest BCUT2D eigenvalue weighted by atomic mass is 10.3. The van der Waals surface area contributed by atoms with Crippen molar-refractivity contribution in [2.24, 2.45) is 0 Å². The first-order chi connectivity index (χ1) is 11.5. The summed E-state index contributed by atoms with van der Waals surface area (Å²) in [5, 5.41) is 0. The smallest absolute Gasteiger partial charge is 0.435 e. The van der Waals surface area contributed by atoms with Crippen LogP contribution in [0.3, 0.4) is 0 Å². The number of hydrogen-bond acceptors (Lipinski definition) is 4. The Hall–Kier alpha value is -2.56. The molecule has 0 spiro atoms. The molecule has 0 bridgehead atoms. The molecule has 0 saturated carbocycles. The van der Waals surface area contributed by atoms with Gasteiger partial charge in [0.15, 0.2) is 0 Å². The number of sulfonamides is 1. The van der Waals surface area contributed by atoms with E-state index in [-0.39, 0.29) is 16.3 Å². The highest BCUT2D eigenvalue weighted by molar-refractivity contribution is 7.92. The van der Waals surface area contributed by atoms with Gasteiger partial charge < -0.3 is 9.47 Å². The molecule has 11 heteroatoms. The van der Waals surface area contributed by atoms with Crippen molar-refractivity contribution >= 4 is 15.7 Å². The van der Waals surface area contributed by atoms with E-state index in [9.17, 15) is 30.4 Å². The summed E-state index contributed by atoms with van der Waals surface area (Å²) in [6.07, 6.45) is -4.89. The maximum absolute atomic E-state index is 12.1. The maximum Gasteiger partial charge on any atom is 0.573 e. The van der Waals surface area contributed by atoms with E-state index in [1.54, 1.807) is 0 Å². The lowest BCUT2D eigenvalue weighted by Crippen LogP contribution is -2.17. The Balaban J connectivity index is 2.10. The van der Waals surface area contributed by atoms with Crippen molar-refractivity contribution in [3.05, 3.63) is 48.5 Å². The zero-order valence-corrected chi connectivity index (χ0v) is 12.9. The normalized spacial score (nSPS) is 12.1. The Bertz CT molecular complexity index is 805. The van der Waals surface area contributed by atoms with E-state index in [0.717, 1.165) is 36.4 Å². The first-order valence-electron chi connectivity index (χ1n) is 6.49. The predicted octanol–water partition coefficient (Wildman–Crippen LogP) is 3.99. The van der Waals surface area contributed by atoms with Crippen molar-refractivity contribution in [3.63, 3.8) is 0 Å². The molecule has 2 aromatic rings. The van der Waals surface area contributed by atoms with Crippen molar-refractivity contribution in [3.8, 4) is 11.5 Å². The standard InChI is InChI=1S/C14H10F5NO4S/c15-13(16)23-10-3-1-9(2-4-10)20-25(21,22)12-7-5-11(6-8-12)24-14(17,18)19/h1-8,13,20H. The van der Waals surface area contributed by atoms with Crippen LogP contribution in [0.2, 0.25) is 0 Å². The number of benzene rings is 2. The fourth-order valence-electron chi connectivity index (χ4n) is 1.74. The van der Waals surface area contributed by atoms with Gasteiger partial charge in [-0.2, -0.15) is 8.78 Å². The Morgan fingerprint density at radius 2 is 1.40 bits per heavy atom. The summed E-state index contributed by atoms with van der Waals surface area (Å²) >= 11 is 0. The highest BCUT2D eigenvalue weighted by Gasteiger charge is 2.31. The van der Waals surface area contributed by atoms with E-state index in [1.165, 1.54) is 12.1 Å². The lowest BCUT2D eigenvalue weighted by molar-refractivity contribution is -0.274. The fourth-order valence-corrected chi connectivity index (χ4v) is 2.80. The molecule has 0 aliphatic rings. The maximum atomic E-state index is 12.1. The molecule has 0 atom stereocenters. The van der Waals surface area contributed by atoms with Gasteiger partial charge in [-0.05, 0) is 48.5 Å². The molecule has 2 aromatic carbocycles. The molecule has 0 saturated heterocycles. The fraction of sp³-hybridized carbons (Fsp3) is 0.143. The van der Waals surface area contributed by atoms with Gasteiger partial charge in [-0.15, -0.1) is 13.2 Å². The minimum atomic E-state index is -4.89. The largest absolute Gasteiger partial charge is 0.573 e. The van der Waals surface area contributed by atoms with Gasteiger partial charge in [-0.25, -0.2) is 8.42 Å². The Morgan fingerprint density at radius 3 is 1.88 bits per heavy atom. The lowest BCUT2D eigenvalue weighted by Gasteiger charge is -2.11. The van der Waals surface area contributed by atoms with Gasteiger partial charge in [0.05, 0.1) is 4.90 Å². The van der Waals surface area contributed by atoms with Crippen molar-refractivity contribution in [1.82, 2.24) is 0 Å². The summed E-state index contributed by atoms with van der Waals surface area (Å²) in [5.74, 6) is -0.730. The first kappa shape index (κ1) is 18.8. The van der Waals surface area contributed by atoms with Gasteiger partial charge in [0.25, 0.3) is 10.0 Å². The molecule has 0 amide bonds. The third kappa shape index (κ3) is 5.78. The second kappa shape index (κ2) is 7.13. The number of anilines is 1. The van der Waals surface area contributed by atoms with Crippen LogP contribution in [0.4, 0.5) is 27.6 Å². The SMILES string of the molecule is O=S(=O)(Nc1ccc(OC(F)F)cc1)c1ccc(OC(F)(F)F)cc1.